The maximum Gasteiger partial charge on any atom is 0.326 e. The van der Waals surface area contributed by atoms with Crippen LogP contribution in [0, 0.1) is 0 Å². The molecule has 4 atom stereocenters. The summed E-state index contributed by atoms with van der Waals surface area (Å²) < 4.78 is 8.39. The van der Waals surface area contributed by atoms with Crippen LogP contribution in [0.25, 0.3) is 11.3 Å². The molecule has 1 saturated heterocycles. The van der Waals surface area contributed by atoms with Gasteiger partial charge in [0.05, 0.1) is 37.1 Å². The molecule has 4 amide bonds. The monoisotopic (exact) mass is 962 g/mol. The highest BCUT2D eigenvalue weighted by Crippen LogP contribution is 2.32. The standard InChI is InChI=1S/C48H56Cl2N8O7.ClH/c1-31(44(60)53-40(29-59)45(61)55-48(21-8-22-51-30-48)25-33-11-16-36(49)17-12-33)58(47(64)54-39(46(62)63)23-32-9-6-5-7-10-32)27-35-13-18-37(50)24-42(35)65-38-19-14-34(15-20-38)41-26-52-43(57(41)4)28-56(2)3;/h5-7,9-20,24,26,31,39-40,51,59H,8,21-23,25,27-30H2,1-4H3,(H,53,60)(H,54,64)(H,55,61)(H,62,63);1H/t31?,39?,40?,48-;/m1./s1. The van der Waals surface area contributed by atoms with Crippen molar-refractivity contribution in [1.82, 2.24) is 40.6 Å². The Morgan fingerprint density at radius 2 is 1.59 bits per heavy atom. The number of aliphatic carboxylic acids is 1. The summed E-state index contributed by atoms with van der Waals surface area (Å²) in [4.78, 5) is 62.7. The minimum atomic E-state index is -1.38. The first-order valence-electron chi connectivity index (χ1n) is 21.4. The molecule has 18 heteroatoms. The van der Waals surface area contributed by atoms with Crippen LogP contribution in [0.3, 0.4) is 0 Å². The van der Waals surface area contributed by atoms with Crippen molar-refractivity contribution in [2.75, 3.05) is 33.8 Å². The number of halogens is 3. The van der Waals surface area contributed by atoms with Crippen molar-refractivity contribution in [2.45, 2.75) is 69.4 Å². The number of imidazole rings is 1. The zero-order valence-electron chi connectivity index (χ0n) is 37.3. The molecule has 6 rings (SSSR count). The molecule has 2 heterocycles. The number of benzene rings is 4. The number of carbonyl (C=O) groups excluding carboxylic acids is 3. The van der Waals surface area contributed by atoms with Gasteiger partial charge in [-0.3, -0.25) is 9.59 Å². The number of nitrogens with one attached hydrogen (secondary N) is 4. The van der Waals surface area contributed by atoms with Gasteiger partial charge >= 0.3 is 12.0 Å². The number of rotatable bonds is 19. The van der Waals surface area contributed by atoms with Crippen molar-refractivity contribution < 1.29 is 34.1 Å². The third-order valence-electron chi connectivity index (χ3n) is 11.4. The summed E-state index contributed by atoms with van der Waals surface area (Å²) in [5.41, 5.74) is 3.18. The molecule has 5 aromatic rings. The SMILES string of the molecule is CC(C(=O)NC(CO)C(=O)N[C@@]1(Cc2ccc(Cl)cc2)CCCNC1)N(Cc1ccc(Cl)cc1Oc1ccc(-c2cnc(CN(C)C)n2C)cc1)C(=O)NC(Cc1ccccc1)C(=O)O.Cl. The minimum absolute atomic E-state index is 0. The Balaban J connectivity index is 0.00000817. The number of amides is 4. The number of nitrogens with zero attached hydrogens (tertiary/aromatic N) is 4. The summed E-state index contributed by atoms with van der Waals surface area (Å²) in [6.45, 7) is 2.39. The predicted molar refractivity (Wildman–Crippen MR) is 257 cm³/mol. The second-order valence-corrected chi connectivity index (χ2v) is 17.5. The van der Waals surface area contributed by atoms with Gasteiger partial charge in [0.2, 0.25) is 11.8 Å². The van der Waals surface area contributed by atoms with E-state index in [1.807, 2.05) is 61.1 Å². The molecule has 15 nitrogen and oxygen atoms in total. The Morgan fingerprint density at radius 1 is 0.894 bits per heavy atom. The van der Waals surface area contributed by atoms with Crippen LogP contribution < -0.4 is 26.0 Å². The lowest BCUT2D eigenvalue weighted by Crippen LogP contribution is -2.64. The lowest BCUT2D eigenvalue weighted by atomic mass is 9.83. The third kappa shape index (κ3) is 13.7. The van der Waals surface area contributed by atoms with E-state index < -0.39 is 54.1 Å². The largest absolute Gasteiger partial charge is 0.480 e. The molecule has 0 bridgehead atoms. The van der Waals surface area contributed by atoms with Crippen molar-refractivity contribution in [2.24, 2.45) is 7.05 Å². The van der Waals surface area contributed by atoms with E-state index in [1.165, 1.54) is 6.92 Å². The number of aromatic nitrogens is 2. The molecule has 3 unspecified atom stereocenters. The van der Waals surface area contributed by atoms with Gasteiger partial charge in [0.25, 0.3) is 0 Å². The van der Waals surface area contributed by atoms with Crippen LogP contribution in [0.4, 0.5) is 4.79 Å². The number of aliphatic hydroxyl groups excluding tert-OH is 1. The second kappa shape index (κ2) is 23.7. The predicted octanol–water partition coefficient (Wildman–Crippen LogP) is 6.22. The molecule has 4 aromatic carbocycles. The number of urea groups is 1. The highest BCUT2D eigenvalue weighted by Gasteiger charge is 2.37. The molecule has 0 aliphatic carbocycles. The third-order valence-corrected chi connectivity index (χ3v) is 11.9. The Morgan fingerprint density at radius 3 is 2.23 bits per heavy atom. The lowest BCUT2D eigenvalue weighted by molar-refractivity contribution is -0.139. The fourth-order valence-electron chi connectivity index (χ4n) is 7.81. The average Bonchev–Trinajstić information content (AvgIpc) is 3.64. The van der Waals surface area contributed by atoms with Gasteiger partial charge in [-0.2, -0.15) is 0 Å². The number of hydrogen-bond acceptors (Lipinski definition) is 9. The van der Waals surface area contributed by atoms with Crippen LogP contribution in [0.2, 0.25) is 10.0 Å². The number of carboxylic acid groups (broad SMARTS) is 1. The number of carboxylic acids is 1. The number of ether oxygens (including phenoxy) is 1. The molecule has 1 aliphatic rings. The second-order valence-electron chi connectivity index (χ2n) is 16.7. The Hall–Kier alpha value is -5.68. The zero-order valence-corrected chi connectivity index (χ0v) is 39.6. The van der Waals surface area contributed by atoms with Gasteiger partial charge in [0, 0.05) is 41.2 Å². The van der Waals surface area contributed by atoms with Crippen LogP contribution in [0.15, 0.2) is 103 Å². The number of piperidine rings is 1. The van der Waals surface area contributed by atoms with E-state index in [9.17, 15) is 29.4 Å². The average molecular weight is 964 g/mol. The first-order valence-corrected chi connectivity index (χ1v) is 22.1. The van der Waals surface area contributed by atoms with Gasteiger partial charge in [-0.1, -0.05) is 71.7 Å². The molecule has 0 saturated carbocycles. The Kier molecular flexibility index (Phi) is 18.4. The number of aliphatic hydroxyl groups is 1. The number of hydrogen-bond donors (Lipinski definition) is 6. The van der Waals surface area contributed by atoms with Gasteiger partial charge in [-0.05, 0) is 106 Å². The van der Waals surface area contributed by atoms with Crippen molar-refractivity contribution in [3.63, 3.8) is 0 Å². The molecule has 1 aliphatic heterocycles. The summed E-state index contributed by atoms with van der Waals surface area (Å²) in [6, 6.07) is 23.5. The molecule has 6 N–H and O–H groups in total. The lowest BCUT2D eigenvalue weighted by Gasteiger charge is -2.40. The summed E-state index contributed by atoms with van der Waals surface area (Å²) in [6.07, 6.45) is 3.70. The first-order chi connectivity index (χ1) is 31.1. The highest BCUT2D eigenvalue weighted by atomic mass is 35.5. The van der Waals surface area contributed by atoms with E-state index in [2.05, 4.69) is 26.3 Å². The highest BCUT2D eigenvalue weighted by molar-refractivity contribution is 6.31. The summed E-state index contributed by atoms with van der Waals surface area (Å²) in [5, 5.41) is 33.3. The first kappa shape index (κ1) is 51.3. The van der Waals surface area contributed by atoms with E-state index in [4.69, 9.17) is 27.9 Å². The Bertz CT molecular complexity index is 2410. The topological polar surface area (TPSA) is 190 Å². The van der Waals surface area contributed by atoms with Gasteiger partial charge in [0.15, 0.2) is 0 Å². The van der Waals surface area contributed by atoms with E-state index in [0.717, 1.165) is 40.5 Å². The van der Waals surface area contributed by atoms with Crippen molar-refractivity contribution in [1.29, 1.82) is 0 Å². The summed E-state index contributed by atoms with van der Waals surface area (Å²) >= 11 is 12.6. The van der Waals surface area contributed by atoms with Crippen LogP contribution in [0.5, 0.6) is 11.5 Å². The normalized spacial score (nSPS) is 16.0. The molecular formula is C48H57Cl3N8O7. The van der Waals surface area contributed by atoms with E-state index in [0.29, 0.717) is 52.9 Å². The molecule has 1 aromatic heterocycles. The smallest absolute Gasteiger partial charge is 0.326 e. The molecule has 66 heavy (non-hydrogen) atoms. The molecule has 352 valence electrons. The van der Waals surface area contributed by atoms with E-state index >= 15 is 0 Å². The quantitative estimate of drug-likeness (QED) is 0.0554. The van der Waals surface area contributed by atoms with Crippen molar-refractivity contribution in [3.8, 4) is 22.8 Å². The molecule has 0 radical (unpaired) electrons. The molecule has 1 fully saturated rings. The van der Waals surface area contributed by atoms with Crippen LogP contribution in [-0.2, 0) is 47.4 Å². The van der Waals surface area contributed by atoms with Crippen LogP contribution in [-0.4, -0.2) is 111 Å². The van der Waals surface area contributed by atoms with Gasteiger partial charge in [-0.15, -0.1) is 12.4 Å². The fraction of sp³-hybridized carbons (Fsp3) is 0.354. The summed E-state index contributed by atoms with van der Waals surface area (Å²) in [5.74, 6) is -1.00. The van der Waals surface area contributed by atoms with E-state index in [-0.39, 0.29) is 31.1 Å². The summed E-state index contributed by atoms with van der Waals surface area (Å²) in [7, 11) is 5.92. The zero-order chi connectivity index (χ0) is 46.7. The van der Waals surface area contributed by atoms with Crippen molar-refractivity contribution >= 4 is 59.4 Å². The maximum absolute atomic E-state index is 14.3. The number of carbonyl (C=O) groups is 4. The van der Waals surface area contributed by atoms with Gasteiger partial charge < -0.3 is 50.6 Å². The van der Waals surface area contributed by atoms with Crippen LogP contribution in [0.1, 0.15) is 42.3 Å². The van der Waals surface area contributed by atoms with Crippen LogP contribution >= 0.6 is 35.6 Å². The van der Waals surface area contributed by atoms with Crippen molar-refractivity contribution in [3.05, 3.63) is 136 Å². The van der Waals surface area contributed by atoms with E-state index in [1.54, 1.807) is 72.8 Å². The van der Waals surface area contributed by atoms with Gasteiger partial charge in [0.1, 0.15) is 35.4 Å². The molecule has 0 spiro atoms. The maximum atomic E-state index is 14.3. The fourth-order valence-corrected chi connectivity index (χ4v) is 8.10. The minimum Gasteiger partial charge on any atom is -0.480 e. The van der Waals surface area contributed by atoms with Gasteiger partial charge in [-0.25, -0.2) is 14.6 Å². The Labute approximate surface area is 401 Å². The molecular weight excluding hydrogens is 907 g/mol.